The van der Waals surface area contributed by atoms with Gasteiger partial charge in [-0.05, 0) is 71.0 Å². The topological polar surface area (TPSA) is 49.4 Å². The molecule has 1 heterocycles. The minimum Gasteiger partial charge on any atom is -0.322 e. The van der Waals surface area contributed by atoms with E-state index in [1.807, 2.05) is 18.2 Å². The lowest BCUT2D eigenvalue weighted by molar-refractivity contribution is -0.116. The number of nitrogens with one attached hydrogen (secondary N) is 1. The summed E-state index contributed by atoms with van der Waals surface area (Å²) < 4.78 is 0. The third kappa shape index (κ3) is 2.69. The molecule has 2 aliphatic rings. The van der Waals surface area contributed by atoms with Crippen LogP contribution < -0.4 is 10.2 Å². The molecule has 3 aromatic rings. The molecule has 0 fully saturated rings. The Hall–Kier alpha value is -3.40. The highest BCUT2D eigenvalue weighted by Crippen LogP contribution is 2.37. The molecule has 1 N–H and O–H groups in total. The second-order valence-corrected chi connectivity index (χ2v) is 7.42. The number of hydrogen-bond acceptors (Lipinski definition) is 2. The number of hydrogen-bond donors (Lipinski definition) is 1. The summed E-state index contributed by atoms with van der Waals surface area (Å²) in [7, 11) is 0. The Morgan fingerprint density at radius 1 is 0.893 bits per heavy atom. The molecule has 0 aromatic heterocycles. The van der Waals surface area contributed by atoms with E-state index in [9.17, 15) is 9.59 Å². The summed E-state index contributed by atoms with van der Waals surface area (Å²) >= 11 is 0. The van der Waals surface area contributed by atoms with Gasteiger partial charge in [-0.2, -0.15) is 0 Å². The fourth-order valence-corrected chi connectivity index (χ4v) is 4.30. The maximum Gasteiger partial charge on any atom is 0.255 e. The predicted molar refractivity (Wildman–Crippen MR) is 111 cm³/mol. The molecule has 4 nitrogen and oxygen atoms in total. The van der Waals surface area contributed by atoms with E-state index in [1.165, 1.54) is 22.3 Å². The molecular weight excluding hydrogens is 348 g/mol. The first kappa shape index (κ1) is 16.8. The molecular formula is C24H20N2O2. The molecule has 1 aliphatic heterocycles. The number of rotatable bonds is 2. The molecule has 0 spiro atoms. The van der Waals surface area contributed by atoms with E-state index in [0.717, 1.165) is 29.8 Å². The van der Waals surface area contributed by atoms with Crippen LogP contribution in [0.3, 0.4) is 0 Å². The average molecular weight is 368 g/mol. The van der Waals surface area contributed by atoms with Gasteiger partial charge in [-0.1, -0.05) is 30.3 Å². The van der Waals surface area contributed by atoms with E-state index in [1.54, 1.807) is 17.9 Å². The number of nitrogens with zero attached hydrogens (tertiary/aromatic N) is 1. The van der Waals surface area contributed by atoms with E-state index >= 15 is 0 Å². The van der Waals surface area contributed by atoms with E-state index < -0.39 is 0 Å². The first-order valence-electron chi connectivity index (χ1n) is 9.54. The Kier molecular flexibility index (Phi) is 3.79. The molecule has 0 saturated heterocycles. The van der Waals surface area contributed by atoms with Crippen molar-refractivity contribution in [2.45, 2.75) is 19.8 Å². The van der Waals surface area contributed by atoms with Crippen LogP contribution >= 0.6 is 0 Å². The Morgan fingerprint density at radius 3 is 2.57 bits per heavy atom. The van der Waals surface area contributed by atoms with Gasteiger partial charge in [-0.15, -0.1) is 0 Å². The van der Waals surface area contributed by atoms with Crippen LogP contribution in [0.2, 0.25) is 0 Å². The van der Waals surface area contributed by atoms with Gasteiger partial charge < -0.3 is 10.2 Å². The summed E-state index contributed by atoms with van der Waals surface area (Å²) in [6, 6.07) is 20.1. The Balaban J connectivity index is 1.37. The number of benzene rings is 3. The van der Waals surface area contributed by atoms with Crippen molar-refractivity contribution >= 4 is 23.2 Å². The van der Waals surface area contributed by atoms with Crippen LogP contribution in [0.1, 0.15) is 34.0 Å². The fourth-order valence-electron chi connectivity index (χ4n) is 4.30. The number of carbonyl (C=O) groups excluding carboxylic acids is 2. The lowest BCUT2D eigenvalue weighted by Gasteiger charge is -2.15. The quantitative estimate of drug-likeness (QED) is 0.569. The number of carbonyl (C=O) groups is 2. The SMILES string of the molecule is CC(=O)N1CCc2cc(C(=O)Nc3ccc4c(c3)Cc3ccccc3-4)ccc21. The van der Waals surface area contributed by atoms with E-state index in [-0.39, 0.29) is 11.8 Å². The molecule has 138 valence electrons. The smallest absolute Gasteiger partial charge is 0.255 e. The summed E-state index contributed by atoms with van der Waals surface area (Å²) in [5, 5.41) is 3.02. The van der Waals surface area contributed by atoms with Crippen LogP contribution in [-0.4, -0.2) is 18.4 Å². The van der Waals surface area contributed by atoms with Gasteiger partial charge in [0, 0.05) is 30.4 Å². The Labute approximate surface area is 163 Å². The maximum atomic E-state index is 12.8. The zero-order chi connectivity index (χ0) is 19.3. The van der Waals surface area contributed by atoms with Crippen molar-refractivity contribution in [3.8, 4) is 11.1 Å². The van der Waals surface area contributed by atoms with Crippen LogP contribution in [0.5, 0.6) is 0 Å². The monoisotopic (exact) mass is 368 g/mol. The van der Waals surface area contributed by atoms with Crippen LogP contribution in [0.25, 0.3) is 11.1 Å². The van der Waals surface area contributed by atoms with Gasteiger partial charge in [-0.3, -0.25) is 9.59 Å². The Bertz CT molecular complexity index is 1130. The minimum absolute atomic E-state index is 0.0371. The second kappa shape index (κ2) is 6.34. The minimum atomic E-state index is -0.125. The summed E-state index contributed by atoms with van der Waals surface area (Å²) in [6.45, 7) is 2.25. The van der Waals surface area contributed by atoms with Crippen molar-refractivity contribution in [1.82, 2.24) is 0 Å². The van der Waals surface area contributed by atoms with Gasteiger partial charge in [0.2, 0.25) is 5.91 Å². The first-order chi connectivity index (χ1) is 13.6. The normalized spacial score (nSPS) is 13.7. The van der Waals surface area contributed by atoms with Crippen molar-refractivity contribution in [2.75, 3.05) is 16.8 Å². The number of amides is 2. The molecule has 2 amide bonds. The van der Waals surface area contributed by atoms with Crippen molar-refractivity contribution < 1.29 is 9.59 Å². The van der Waals surface area contributed by atoms with Crippen LogP contribution in [0.4, 0.5) is 11.4 Å². The maximum absolute atomic E-state index is 12.8. The van der Waals surface area contributed by atoms with Gasteiger partial charge in [0.15, 0.2) is 0 Å². The summed E-state index contributed by atoms with van der Waals surface area (Å²) in [6.07, 6.45) is 1.68. The largest absolute Gasteiger partial charge is 0.322 e. The van der Waals surface area contributed by atoms with Gasteiger partial charge >= 0.3 is 0 Å². The zero-order valence-corrected chi connectivity index (χ0v) is 15.7. The van der Waals surface area contributed by atoms with E-state index in [4.69, 9.17) is 0 Å². The van der Waals surface area contributed by atoms with Crippen molar-refractivity contribution in [1.29, 1.82) is 0 Å². The second-order valence-electron chi connectivity index (χ2n) is 7.42. The summed E-state index contributed by atoms with van der Waals surface area (Å²) in [5.74, 6) is -0.0883. The van der Waals surface area contributed by atoms with Crippen molar-refractivity contribution in [2.24, 2.45) is 0 Å². The summed E-state index contributed by atoms with van der Waals surface area (Å²) in [5.41, 5.74) is 8.49. The highest BCUT2D eigenvalue weighted by molar-refractivity contribution is 6.05. The molecule has 5 rings (SSSR count). The molecule has 0 saturated carbocycles. The molecule has 0 atom stereocenters. The molecule has 1 aliphatic carbocycles. The zero-order valence-electron chi connectivity index (χ0n) is 15.7. The predicted octanol–water partition coefficient (Wildman–Crippen LogP) is 4.42. The van der Waals surface area contributed by atoms with Gasteiger partial charge in [0.25, 0.3) is 5.91 Å². The lowest BCUT2D eigenvalue weighted by atomic mass is 10.1. The summed E-state index contributed by atoms with van der Waals surface area (Å²) in [4.78, 5) is 26.2. The lowest BCUT2D eigenvalue weighted by Crippen LogP contribution is -2.25. The fraction of sp³-hybridized carbons (Fsp3) is 0.167. The molecule has 28 heavy (non-hydrogen) atoms. The van der Waals surface area contributed by atoms with Crippen LogP contribution in [0.15, 0.2) is 60.7 Å². The van der Waals surface area contributed by atoms with Crippen molar-refractivity contribution in [3.05, 3.63) is 82.9 Å². The molecule has 0 bridgehead atoms. The third-order valence-electron chi connectivity index (χ3n) is 5.67. The number of fused-ring (bicyclic) bond motifs is 4. The van der Waals surface area contributed by atoms with Gasteiger partial charge in [-0.25, -0.2) is 0 Å². The molecule has 0 radical (unpaired) electrons. The molecule has 4 heteroatoms. The highest BCUT2D eigenvalue weighted by Gasteiger charge is 2.23. The van der Waals surface area contributed by atoms with Crippen LogP contribution in [0, 0.1) is 0 Å². The van der Waals surface area contributed by atoms with E-state index in [2.05, 4.69) is 41.7 Å². The average Bonchev–Trinajstić information content (AvgIpc) is 3.28. The highest BCUT2D eigenvalue weighted by atomic mass is 16.2. The van der Waals surface area contributed by atoms with Gasteiger partial charge in [0.1, 0.15) is 0 Å². The molecule has 3 aromatic carbocycles. The molecule has 0 unspecified atom stereocenters. The Morgan fingerprint density at radius 2 is 1.71 bits per heavy atom. The third-order valence-corrected chi connectivity index (χ3v) is 5.67. The van der Waals surface area contributed by atoms with Gasteiger partial charge in [0.05, 0.1) is 0 Å². The van der Waals surface area contributed by atoms with Crippen molar-refractivity contribution in [3.63, 3.8) is 0 Å². The van der Waals surface area contributed by atoms with E-state index in [0.29, 0.717) is 12.1 Å². The standard InChI is InChI=1S/C24H20N2O2/c1-15(27)26-11-10-17-13-18(6-9-23(17)26)24(28)25-20-7-8-22-19(14-20)12-16-4-2-3-5-21(16)22/h2-9,13-14H,10-12H2,1H3,(H,25,28). The first-order valence-corrected chi connectivity index (χ1v) is 9.54. The number of anilines is 2. The van der Waals surface area contributed by atoms with Crippen LogP contribution in [-0.2, 0) is 17.6 Å².